The fourth-order valence-electron chi connectivity index (χ4n) is 4.48. The summed E-state index contributed by atoms with van der Waals surface area (Å²) >= 11 is 6.37. The van der Waals surface area contributed by atoms with Crippen molar-refractivity contribution in [1.82, 2.24) is 20.2 Å². The van der Waals surface area contributed by atoms with Crippen molar-refractivity contribution < 1.29 is 40.6 Å². The standard InChI is InChI=1S/C25H21ClF6N4O2.C4H9NO/c1-35(14-15-10-16(24(27,28)29)12-17(11-15)25(30,31)32)22(37)19-13-33-23(36-6-8-38-9-7-36)34-21(19)18-4-2-3-5-20(18)26;1-3-6-4-2-5-1/h2-5,10-13H,6-9,14H2,1H3;5H,1-4H2. The van der Waals surface area contributed by atoms with E-state index in [1.54, 1.807) is 24.3 Å². The summed E-state index contributed by atoms with van der Waals surface area (Å²) in [5.74, 6) is -0.380. The van der Waals surface area contributed by atoms with E-state index in [4.69, 9.17) is 21.1 Å². The molecule has 15 heteroatoms. The Bertz CT molecular complexity index is 1390. The molecule has 2 saturated heterocycles. The number of carbonyl (C=O) groups excluding carboxylic acids is 1. The fourth-order valence-corrected chi connectivity index (χ4v) is 4.71. The van der Waals surface area contributed by atoms with Gasteiger partial charge in [-0.25, -0.2) is 9.97 Å². The van der Waals surface area contributed by atoms with Crippen LogP contribution in [0, 0.1) is 0 Å². The van der Waals surface area contributed by atoms with E-state index in [0.29, 0.717) is 55.0 Å². The largest absolute Gasteiger partial charge is 0.416 e. The van der Waals surface area contributed by atoms with Crippen LogP contribution in [0.1, 0.15) is 27.0 Å². The van der Waals surface area contributed by atoms with Gasteiger partial charge in [-0.3, -0.25) is 4.79 Å². The van der Waals surface area contributed by atoms with Crippen LogP contribution >= 0.6 is 11.6 Å². The molecule has 8 nitrogen and oxygen atoms in total. The van der Waals surface area contributed by atoms with Crippen molar-refractivity contribution in [2.75, 3.05) is 64.6 Å². The van der Waals surface area contributed by atoms with Crippen molar-refractivity contribution >= 4 is 23.5 Å². The van der Waals surface area contributed by atoms with Crippen LogP contribution in [0.2, 0.25) is 5.02 Å². The molecule has 44 heavy (non-hydrogen) atoms. The first-order valence-corrected chi connectivity index (χ1v) is 14.0. The molecular weight excluding hydrogens is 616 g/mol. The van der Waals surface area contributed by atoms with E-state index >= 15 is 0 Å². The van der Waals surface area contributed by atoms with Gasteiger partial charge in [-0.1, -0.05) is 29.8 Å². The quantitative estimate of drug-likeness (QED) is 0.365. The number of alkyl halides is 6. The van der Waals surface area contributed by atoms with Crippen LogP contribution in [0.4, 0.5) is 32.3 Å². The van der Waals surface area contributed by atoms with Crippen LogP contribution in [-0.2, 0) is 28.4 Å². The normalized spacial score (nSPS) is 15.8. The van der Waals surface area contributed by atoms with Gasteiger partial charge in [0.05, 0.1) is 48.8 Å². The lowest BCUT2D eigenvalue weighted by molar-refractivity contribution is -0.143. The maximum atomic E-state index is 13.4. The van der Waals surface area contributed by atoms with Gasteiger partial charge in [0.1, 0.15) is 0 Å². The number of aromatic nitrogens is 2. The summed E-state index contributed by atoms with van der Waals surface area (Å²) in [6, 6.07) is 7.85. The summed E-state index contributed by atoms with van der Waals surface area (Å²) in [6.07, 6.45) is -8.72. The van der Waals surface area contributed by atoms with Crippen LogP contribution in [0.25, 0.3) is 11.3 Å². The maximum absolute atomic E-state index is 13.4. The van der Waals surface area contributed by atoms with E-state index in [2.05, 4.69) is 15.3 Å². The molecule has 2 aromatic carbocycles. The minimum absolute atomic E-state index is 0.0133. The van der Waals surface area contributed by atoms with Gasteiger partial charge in [-0.2, -0.15) is 26.3 Å². The number of hydrogen-bond donors (Lipinski definition) is 1. The Labute approximate surface area is 254 Å². The number of carbonyl (C=O) groups is 1. The van der Waals surface area contributed by atoms with Crippen molar-refractivity contribution in [2.45, 2.75) is 18.9 Å². The second-order valence-electron chi connectivity index (χ2n) is 9.95. The lowest BCUT2D eigenvalue weighted by Gasteiger charge is -2.27. The molecule has 0 bridgehead atoms. The van der Waals surface area contributed by atoms with Gasteiger partial charge in [-0.05, 0) is 29.8 Å². The molecule has 2 aliphatic heterocycles. The first kappa shape index (κ1) is 33.4. The number of anilines is 1. The van der Waals surface area contributed by atoms with E-state index < -0.39 is 35.9 Å². The monoisotopic (exact) mass is 645 g/mol. The number of halogens is 7. The SMILES string of the molecule is C1COCCN1.CN(Cc1cc(C(F)(F)F)cc(C(F)(F)F)c1)C(=O)c1cnc(N2CCOCC2)nc1-c1ccccc1Cl. The van der Waals surface area contributed by atoms with Crippen molar-refractivity contribution in [2.24, 2.45) is 0 Å². The zero-order valence-corrected chi connectivity index (χ0v) is 24.4. The number of amides is 1. The van der Waals surface area contributed by atoms with Gasteiger partial charge < -0.3 is 24.6 Å². The first-order valence-electron chi connectivity index (χ1n) is 13.6. The molecule has 3 heterocycles. The molecule has 0 spiro atoms. The molecule has 0 saturated carbocycles. The van der Waals surface area contributed by atoms with Crippen molar-refractivity contribution in [3.8, 4) is 11.3 Å². The third kappa shape index (κ3) is 8.80. The minimum atomic E-state index is -5.00. The van der Waals surface area contributed by atoms with Crippen LogP contribution in [0.3, 0.4) is 0 Å². The number of nitrogens with zero attached hydrogens (tertiary/aromatic N) is 4. The van der Waals surface area contributed by atoms with E-state index in [1.165, 1.54) is 13.2 Å². The zero-order chi connectivity index (χ0) is 31.9. The zero-order valence-electron chi connectivity index (χ0n) is 23.6. The Morgan fingerprint density at radius 1 is 0.955 bits per heavy atom. The molecule has 5 rings (SSSR count). The molecule has 1 aromatic heterocycles. The Hall–Kier alpha value is -3.46. The van der Waals surface area contributed by atoms with E-state index in [9.17, 15) is 31.1 Å². The molecule has 0 atom stereocenters. The van der Waals surface area contributed by atoms with Crippen molar-refractivity contribution in [1.29, 1.82) is 0 Å². The van der Waals surface area contributed by atoms with Crippen molar-refractivity contribution in [3.05, 3.63) is 75.9 Å². The molecule has 0 radical (unpaired) electrons. The van der Waals surface area contributed by atoms with E-state index in [1.807, 2.05) is 4.90 Å². The van der Waals surface area contributed by atoms with Crippen LogP contribution < -0.4 is 10.2 Å². The lowest BCUT2D eigenvalue weighted by atomic mass is 10.0. The smallest absolute Gasteiger partial charge is 0.379 e. The predicted octanol–water partition coefficient (Wildman–Crippen LogP) is 5.55. The highest BCUT2D eigenvalue weighted by Crippen LogP contribution is 2.37. The van der Waals surface area contributed by atoms with Crippen LogP contribution in [-0.4, -0.2) is 80.4 Å². The summed E-state index contributed by atoms with van der Waals surface area (Å²) in [7, 11) is 1.27. The van der Waals surface area contributed by atoms with Gasteiger partial charge in [-0.15, -0.1) is 0 Å². The number of morpholine rings is 2. The number of benzene rings is 2. The summed E-state index contributed by atoms with van der Waals surface area (Å²) < 4.78 is 90.0. The molecular formula is C29H30ClF6N5O3. The van der Waals surface area contributed by atoms with Gasteiger partial charge in [0, 0.05) is 56.6 Å². The Morgan fingerprint density at radius 2 is 1.55 bits per heavy atom. The molecule has 0 unspecified atom stereocenters. The number of ether oxygens (including phenoxy) is 2. The van der Waals surface area contributed by atoms with Gasteiger partial charge in [0.2, 0.25) is 5.95 Å². The van der Waals surface area contributed by atoms with Gasteiger partial charge in [0.25, 0.3) is 5.91 Å². The fraction of sp³-hybridized carbons (Fsp3) is 0.414. The number of nitrogens with one attached hydrogen (secondary N) is 1. The molecule has 1 amide bonds. The summed E-state index contributed by atoms with van der Waals surface area (Å²) in [6.45, 7) is 5.27. The Balaban J connectivity index is 0.000000657. The number of hydrogen-bond acceptors (Lipinski definition) is 7. The van der Waals surface area contributed by atoms with Gasteiger partial charge >= 0.3 is 12.4 Å². The Morgan fingerprint density at radius 3 is 2.07 bits per heavy atom. The summed E-state index contributed by atoms with van der Waals surface area (Å²) in [5, 5.41) is 3.45. The first-order chi connectivity index (χ1) is 20.8. The third-order valence-corrected chi connectivity index (χ3v) is 7.02. The highest BCUT2D eigenvalue weighted by Gasteiger charge is 2.37. The third-order valence-electron chi connectivity index (χ3n) is 6.69. The topological polar surface area (TPSA) is 79.8 Å². The predicted molar refractivity (Wildman–Crippen MR) is 151 cm³/mol. The maximum Gasteiger partial charge on any atom is 0.416 e. The molecule has 1 N–H and O–H groups in total. The summed E-state index contributed by atoms with van der Waals surface area (Å²) in [5.41, 5.74) is -2.67. The second kappa shape index (κ2) is 14.5. The lowest BCUT2D eigenvalue weighted by Crippen LogP contribution is -2.37. The molecule has 238 valence electrons. The van der Waals surface area contributed by atoms with Crippen molar-refractivity contribution in [3.63, 3.8) is 0 Å². The van der Waals surface area contributed by atoms with Crippen LogP contribution in [0.5, 0.6) is 0 Å². The minimum Gasteiger partial charge on any atom is -0.379 e. The second-order valence-corrected chi connectivity index (χ2v) is 10.4. The molecule has 3 aromatic rings. The molecule has 2 aliphatic rings. The highest BCUT2D eigenvalue weighted by atomic mass is 35.5. The van der Waals surface area contributed by atoms with E-state index in [-0.39, 0.29) is 22.9 Å². The summed E-state index contributed by atoms with van der Waals surface area (Å²) in [4.78, 5) is 25.2. The number of rotatable bonds is 5. The van der Waals surface area contributed by atoms with E-state index in [0.717, 1.165) is 31.2 Å². The van der Waals surface area contributed by atoms with Crippen LogP contribution in [0.15, 0.2) is 48.7 Å². The molecule has 0 aliphatic carbocycles. The van der Waals surface area contributed by atoms with Gasteiger partial charge in [0.15, 0.2) is 0 Å². The Kier molecular flexibility index (Phi) is 11.1. The average Bonchev–Trinajstić information content (AvgIpc) is 3.01. The average molecular weight is 646 g/mol. The highest BCUT2D eigenvalue weighted by molar-refractivity contribution is 6.33. The molecule has 2 fully saturated rings.